The van der Waals surface area contributed by atoms with Crippen LogP contribution in [0.1, 0.15) is 10.7 Å². The molecule has 1 fully saturated rings. The topological polar surface area (TPSA) is 58.1 Å². The molecule has 25 heavy (non-hydrogen) atoms. The highest BCUT2D eigenvalue weighted by molar-refractivity contribution is 7.16. The predicted octanol–water partition coefficient (Wildman–Crippen LogP) is 3.60. The Hall–Kier alpha value is -1.52. The van der Waals surface area contributed by atoms with Gasteiger partial charge in [-0.05, 0) is 13.8 Å². The van der Waals surface area contributed by atoms with E-state index in [9.17, 15) is 18.0 Å². The SMILES string of the molecule is CNc1nc(-c2sc(C)nc2C)cs1.O=CC1CN(CC(F)(F)F)C1. The van der Waals surface area contributed by atoms with Gasteiger partial charge in [-0.25, -0.2) is 9.97 Å². The van der Waals surface area contributed by atoms with Gasteiger partial charge in [-0.1, -0.05) is 0 Å². The first kappa shape index (κ1) is 19.8. The summed E-state index contributed by atoms with van der Waals surface area (Å²) in [5.74, 6) is -0.183. The number of anilines is 1. The number of hydrogen-bond acceptors (Lipinski definition) is 7. The Labute approximate surface area is 151 Å². The van der Waals surface area contributed by atoms with Gasteiger partial charge in [0.25, 0.3) is 0 Å². The normalized spacial score (nSPS) is 15.3. The molecule has 0 unspecified atom stereocenters. The Kier molecular flexibility index (Phi) is 6.53. The van der Waals surface area contributed by atoms with Crippen LogP contribution in [0.25, 0.3) is 10.6 Å². The van der Waals surface area contributed by atoms with Gasteiger partial charge in [0.2, 0.25) is 0 Å². The van der Waals surface area contributed by atoms with Crippen LogP contribution in [0.2, 0.25) is 0 Å². The molecule has 0 saturated carbocycles. The second-order valence-electron chi connectivity index (χ2n) is 5.64. The largest absolute Gasteiger partial charge is 0.401 e. The maximum atomic E-state index is 11.6. The summed E-state index contributed by atoms with van der Waals surface area (Å²) < 4.78 is 34.9. The number of halogens is 3. The zero-order valence-electron chi connectivity index (χ0n) is 14.1. The minimum Gasteiger partial charge on any atom is -0.365 e. The summed E-state index contributed by atoms with van der Waals surface area (Å²) in [5.41, 5.74) is 2.10. The van der Waals surface area contributed by atoms with Gasteiger partial charge in [-0.2, -0.15) is 13.2 Å². The van der Waals surface area contributed by atoms with Crippen molar-refractivity contribution in [3.8, 4) is 10.6 Å². The Bertz CT molecular complexity index is 708. The molecule has 10 heteroatoms. The number of rotatable bonds is 4. The number of likely N-dealkylation sites (tertiary alicyclic amines) is 1. The molecule has 138 valence electrons. The first-order valence-electron chi connectivity index (χ1n) is 7.54. The van der Waals surface area contributed by atoms with Gasteiger partial charge in [0.1, 0.15) is 6.29 Å². The molecule has 0 aromatic carbocycles. The van der Waals surface area contributed by atoms with E-state index in [0.29, 0.717) is 6.29 Å². The summed E-state index contributed by atoms with van der Waals surface area (Å²) in [5, 5.41) is 7.14. The average Bonchev–Trinajstić information content (AvgIpc) is 3.08. The van der Waals surface area contributed by atoms with Gasteiger partial charge in [0, 0.05) is 31.4 Å². The van der Waals surface area contributed by atoms with E-state index in [4.69, 9.17) is 0 Å². The molecule has 2 aromatic heterocycles. The first-order chi connectivity index (χ1) is 11.7. The van der Waals surface area contributed by atoms with Crippen LogP contribution in [0.4, 0.5) is 18.3 Å². The van der Waals surface area contributed by atoms with E-state index >= 15 is 0 Å². The molecule has 0 aliphatic carbocycles. The van der Waals surface area contributed by atoms with Crippen molar-refractivity contribution in [3.63, 3.8) is 0 Å². The third-order valence-electron chi connectivity index (χ3n) is 3.43. The molecule has 0 atom stereocenters. The molecule has 1 aliphatic rings. The van der Waals surface area contributed by atoms with E-state index in [1.165, 1.54) is 9.78 Å². The number of alkyl halides is 3. The van der Waals surface area contributed by atoms with Crippen LogP contribution in [0, 0.1) is 19.8 Å². The van der Waals surface area contributed by atoms with E-state index in [0.717, 1.165) is 21.5 Å². The average molecular weight is 392 g/mol. The van der Waals surface area contributed by atoms with Gasteiger partial charge in [0.05, 0.1) is 27.8 Å². The zero-order valence-corrected chi connectivity index (χ0v) is 15.7. The van der Waals surface area contributed by atoms with Crippen LogP contribution in [-0.4, -0.2) is 54.0 Å². The molecule has 3 rings (SSSR count). The fourth-order valence-corrected chi connectivity index (χ4v) is 3.96. The number of aromatic nitrogens is 2. The van der Waals surface area contributed by atoms with Gasteiger partial charge in [-0.15, -0.1) is 22.7 Å². The number of nitrogens with one attached hydrogen (secondary N) is 1. The minimum absolute atomic E-state index is 0.183. The van der Waals surface area contributed by atoms with Gasteiger partial charge in [0.15, 0.2) is 5.13 Å². The standard InChI is InChI=1S/C9H11N3S2.C6H8F3NO/c1-5-8(14-6(2)11-5)7-4-13-9(10-3)12-7;7-6(8,9)4-10-1-5(2-10)3-11/h4H,1-3H3,(H,10,12);3,5H,1-2,4H2. The van der Waals surface area contributed by atoms with Gasteiger partial charge >= 0.3 is 6.18 Å². The molecular weight excluding hydrogens is 373 g/mol. The molecule has 0 bridgehead atoms. The lowest BCUT2D eigenvalue weighted by atomic mass is 10.0. The lowest BCUT2D eigenvalue weighted by Gasteiger charge is -2.36. The number of aryl methyl sites for hydroxylation is 2. The second kappa shape index (κ2) is 8.24. The molecular formula is C15H19F3N4OS2. The quantitative estimate of drug-likeness (QED) is 0.806. The highest BCUT2D eigenvalue weighted by Gasteiger charge is 2.36. The van der Waals surface area contributed by atoms with Gasteiger partial charge in [-0.3, -0.25) is 4.90 Å². The molecule has 0 amide bonds. The van der Waals surface area contributed by atoms with Crippen molar-refractivity contribution in [2.75, 3.05) is 32.0 Å². The smallest absolute Gasteiger partial charge is 0.365 e. The molecule has 5 nitrogen and oxygen atoms in total. The van der Waals surface area contributed by atoms with E-state index < -0.39 is 12.7 Å². The van der Waals surface area contributed by atoms with Gasteiger partial charge < -0.3 is 10.1 Å². The van der Waals surface area contributed by atoms with Crippen molar-refractivity contribution in [1.82, 2.24) is 14.9 Å². The monoisotopic (exact) mass is 392 g/mol. The van der Waals surface area contributed by atoms with E-state index in [-0.39, 0.29) is 19.0 Å². The van der Waals surface area contributed by atoms with Crippen LogP contribution < -0.4 is 5.32 Å². The molecule has 0 spiro atoms. The predicted molar refractivity (Wildman–Crippen MR) is 94.3 cm³/mol. The second-order valence-corrected chi connectivity index (χ2v) is 7.70. The number of carbonyl (C=O) groups is 1. The fourth-order valence-electron chi connectivity index (χ4n) is 2.34. The number of thiazole rings is 2. The fraction of sp³-hybridized carbons (Fsp3) is 0.533. The Morgan fingerprint density at radius 3 is 2.48 bits per heavy atom. The first-order valence-corrected chi connectivity index (χ1v) is 9.23. The summed E-state index contributed by atoms with van der Waals surface area (Å²) in [6.45, 7) is 3.66. The molecule has 1 saturated heterocycles. The Morgan fingerprint density at radius 1 is 1.36 bits per heavy atom. The Morgan fingerprint density at radius 2 is 2.04 bits per heavy atom. The number of hydrogen-bond donors (Lipinski definition) is 1. The molecule has 1 aliphatic heterocycles. The third-order valence-corrected chi connectivity index (χ3v) is 5.39. The molecule has 2 aromatic rings. The van der Waals surface area contributed by atoms with Crippen LogP contribution >= 0.6 is 22.7 Å². The molecule has 1 N–H and O–H groups in total. The van der Waals surface area contributed by atoms with E-state index in [1.54, 1.807) is 22.7 Å². The van der Waals surface area contributed by atoms with Crippen LogP contribution in [-0.2, 0) is 4.79 Å². The maximum Gasteiger partial charge on any atom is 0.401 e. The number of nitrogens with zero attached hydrogens (tertiary/aromatic N) is 3. The van der Waals surface area contributed by atoms with Crippen molar-refractivity contribution in [2.45, 2.75) is 20.0 Å². The van der Waals surface area contributed by atoms with Crippen molar-refractivity contribution in [2.24, 2.45) is 5.92 Å². The number of carbonyl (C=O) groups excluding carboxylic acids is 1. The number of aldehydes is 1. The Balaban J connectivity index is 0.000000186. The van der Waals surface area contributed by atoms with Crippen LogP contribution in [0.3, 0.4) is 0 Å². The van der Waals surface area contributed by atoms with Crippen molar-refractivity contribution in [3.05, 3.63) is 16.1 Å². The summed E-state index contributed by atoms with van der Waals surface area (Å²) in [7, 11) is 1.88. The summed E-state index contributed by atoms with van der Waals surface area (Å²) >= 11 is 3.32. The summed E-state index contributed by atoms with van der Waals surface area (Å²) in [4.78, 5) is 21.2. The third kappa shape index (κ3) is 5.75. The van der Waals surface area contributed by atoms with Crippen molar-refractivity contribution in [1.29, 1.82) is 0 Å². The summed E-state index contributed by atoms with van der Waals surface area (Å²) in [6.07, 6.45) is -3.43. The summed E-state index contributed by atoms with van der Waals surface area (Å²) in [6, 6.07) is 0. The molecule has 3 heterocycles. The van der Waals surface area contributed by atoms with Crippen molar-refractivity contribution < 1.29 is 18.0 Å². The lowest BCUT2D eigenvalue weighted by Crippen LogP contribution is -2.50. The van der Waals surface area contributed by atoms with Crippen molar-refractivity contribution >= 4 is 34.1 Å². The maximum absolute atomic E-state index is 11.6. The van der Waals surface area contributed by atoms with Crippen LogP contribution in [0.5, 0.6) is 0 Å². The van der Waals surface area contributed by atoms with E-state index in [1.807, 2.05) is 20.9 Å². The minimum atomic E-state index is -4.13. The zero-order chi connectivity index (χ0) is 18.6. The highest BCUT2D eigenvalue weighted by Crippen LogP contribution is 2.31. The molecule has 0 radical (unpaired) electrons. The van der Waals surface area contributed by atoms with E-state index in [2.05, 4.69) is 20.7 Å². The highest BCUT2D eigenvalue weighted by atomic mass is 32.1. The van der Waals surface area contributed by atoms with Crippen LogP contribution in [0.15, 0.2) is 5.38 Å². The lowest BCUT2D eigenvalue weighted by molar-refractivity contribution is -0.160.